The van der Waals surface area contributed by atoms with E-state index < -0.39 is 0 Å². The minimum atomic E-state index is -0.310. The maximum absolute atomic E-state index is 13.2. The van der Waals surface area contributed by atoms with Gasteiger partial charge in [-0.25, -0.2) is 4.39 Å². The first kappa shape index (κ1) is 17.5. The molecule has 0 fully saturated rings. The highest BCUT2D eigenvalue weighted by atomic mass is 19.1. The molecule has 4 heteroatoms. The smallest absolute Gasteiger partial charge is 0.224 e. The number of halogens is 1. The molecule has 0 aliphatic heterocycles. The number of aryl methyl sites for hydroxylation is 1. The van der Waals surface area contributed by atoms with Crippen molar-refractivity contribution in [2.75, 3.05) is 5.32 Å². The minimum absolute atomic E-state index is 0.0959. The Morgan fingerprint density at radius 3 is 2.31 bits per heavy atom. The number of rotatable bonds is 6. The number of hydrogen-bond donors (Lipinski definition) is 1. The number of carbonyl (C=O) groups is 2. The SMILES string of the molecule is O=C(CCc1cccc(F)c1)Nc1cccc(C(=O)c2ccccc2)c1. The fourth-order valence-electron chi connectivity index (χ4n) is 2.67. The molecule has 1 amide bonds. The summed E-state index contributed by atoms with van der Waals surface area (Å²) in [6.07, 6.45) is 0.687. The molecule has 3 nitrogen and oxygen atoms in total. The van der Waals surface area contributed by atoms with E-state index in [0.717, 1.165) is 5.56 Å². The topological polar surface area (TPSA) is 46.2 Å². The van der Waals surface area contributed by atoms with Gasteiger partial charge in [0, 0.05) is 23.2 Å². The predicted molar refractivity (Wildman–Crippen MR) is 99.7 cm³/mol. The number of hydrogen-bond acceptors (Lipinski definition) is 2. The van der Waals surface area contributed by atoms with Crippen LogP contribution in [0.15, 0.2) is 78.9 Å². The first-order chi connectivity index (χ1) is 12.6. The van der Waals surface area contributed by atoms with Gasteiger partial charge < -0.3 is 5.32 Å². The highest BCUT2D eigenvalue weighted by Gasteiger charge is 2.10. The molecule has 0 heterocycles. The van der Waals surface area contributed by atoms with Crippen molar-refractivity contribution in [2.24, 2.45) is 0 Å². The van der Waals surface area contributed by atoms with E-state index in [1.54, 1.807) is 48.5 Å². The average Bonchev–Trinajstić information content (AvgIpc) is 2.67. The Labute approximate surface area is 151 Å². The van der Waals surface area contributed by atoms with Crippen LogP contribution in [0, 0.1) is 5.82 Å². The molecule has 0 saturated carbocycles. The predicted octanol–water partition coefficient (Wildman–Crippen LogP) is 4.63. The fraction of sp³-hybridized carbons (Fsp3) is 0.0909. The lowest BCUT2D eigenvalue weighted by molar-refractivity contribution is -0.116. The van der Waals surface area contributed by atoms with Crippen molar-refractivity contribution in [1.82, 2.24) is 0 Å². The Hall–Kier alpha value is -3.27. The lowest BCUT2D eigenvalue weighted by Gasteiger charge is -2.08. The minimum Gasteiger partial charge on any atom is -0.326 e. The van der Waals surface area contributed by atoms with Crippen LogP contribution in [0.25, 0.3) is 0 Å². The summed E-state index contributed by atoms with van der Waals surface area (Å²) in [5.74, 6) is -0.588. The number of carbonyl (C=O) groups excluding carboxylic acids is 2. The van der Waals surface area contributed by atoms with Crippen LogP contribution in [0.2, 0.25) is 0 Å². The molecule has 3 aromatic carbocycles. The molecule has 0 atom stereocenters. The molecule has 0 unspecified atom stereocenters. The molecule has 3 rings (SSSR count). The van der Waals surface area contributed by atoms with Crippen molar-refractivity contribution < 1.29 is 14.0 Å². The molecule has 0 spiro atoms. The number of benzene rings is 3. The van der Waals surface area contributed by atoms with Gasteiger partial charge in [0.2, 0.25) is 5.91 Å². The van der Waals surface area contributed by atoms with E-state index in [4.69, 9.17) is 0 Å². The molecule has 0 radical (unpaired) electrons. The van der Waals surface area contributed by atoms with Crippen molar-refractivity contribution in [1.29, 1.82) is 0 Å². The van der Waals surface area contributed by atoms with Crippen LogP contribution in [0.4, 0.5) is 10.1 Å². The third-order valence-electron chi connectivity index (χ3n) is 3.97. The van der Waals surface area contributed by atoms with Crippen molar-refractivity contribution >= 4 is 17.4 Å². The van der Waals surface area contributed by atoms with E-state index in [-0.39, 0.29) is 23.9 Å². The maximum Gasteiger partial charge on any atom is 0.224 e. The highest BCUT2D eigenvalue weighted by Crippen LogP contribution is 2.16. The Morgan fingerprint density at radius 2 is 1.54 bits per heavy atom. The van der Waals surface area contributed by atoms with Gasteiger partial charge in [-0.1, -0.05) is 54.6 Å². The number of nitrogens with one attached hydrogen (secondary N) is 1. The zero-order chi connectivity index (χ0) is 18.4. The van der Waals surface area contributed by atoms with E-state index in [0.29, 0.717) is 23.2 Å². The molecule has 0 aliphatic rings. The number of amides is 1. The summed E-state index contributed by atoms with van der Waals surface area (Å²) >= 11 is 0. The fourth-order valence-corrected chi connectivity index (χ4v) is 2.67. The van der Waals surface area contributed by atoms with Crippen LogP contribution in [-0.2, 0) is 11.2 Å². The van der Waals surface area contributed by atoms with E-state index in [1.165, 1.54) is 12.1 Å². The van der Waals surface area contributed by atoms with E-state index in [1.807, 2.05) is 18.2 Å². The summed E-state index contributed by atoms with van der Waals surface area (Å²) in [6, 6.07) is 22.1. The van der Waals surface area contributed by atoms with Gasteiger partial charge in [0.15, 0.2) is 5.78 Å². The molecule has 130 valence electrons. The summed E-state index contributed by atoms with van der Waals surface area (Å²) in [5.41, 5.74) is 2.45. The summed E-state index contributed by atoms with van der Waals surface area (Å²) in [4.78, 5) is 24.6. The molecule has 0 saturated heterocycles. The monoisotopic (exact) mass is 347 g/mol. The average molecular weight is 347 g/mol. The Kier molecular flexibility index (Phi) is 5.54. The highest BCUT2D eigenvalue weighted by molar-refractivity contribution is 6.09. The third kappa shape index (κ3) is 4.63. The van der Waals surface area contributed by atoms with Crippen molar-refractivity contribution in [2.45, 2.75) is 12.8 Å². The maximum atomic E-state index is 13.2. The number of ketones is 1. The van der Waals surface area contributed by atoms with Crippen LogP contribution in [0.5, 0.6) is 0 Å². The van der Waals surface area contributed by atoms with Gasteiger partial charge in [0.25, 0.3) is 0 Å². The molecule has 3 aromatic rings. The van der Waals surface area contributed by atoms with Gasteiger partial charge in [0.05, 0.1) is 0 Å². The first-order valence-electron chi connectivity index (χ1n) is 8.36. The Morgan fingerprint density at radius 1 is 0.808 bits per heavy atom. The van der Waals surface area contributed by atoms with Gasteiger partial charge in [-0.2, -0.15) is 0 Å². The Bertz CT molecular complexity index is 922. The molecule has 0 aliphatic carbocycles. The summed E-state index contributed by atoms with van der Waals surface area (Å²) < 4.78 is 13.2. The van der Waals surface area contributed by atoms with Gasteiger partial charge in [0.1, 0.15) is 5.82 Å². The first-order valence-corrected chi connectivity index (χ1v) is 8.36. The quantitative estimate of drug-likeness (QED) is 0.661. The van der Waals surface area contributed by atoms with Crippen LogP contribution < -0.4 is 5.32 Å². The molecule has 26 heavy (non-hydrogen) atoms. The zero-order valence-electron chi connectivity index (χ0n) is 14.1. The van der Waals surface area contributed by atoms with Crippen molar-refractivity contribution in [3.05, 3.63) is 101 Å². The van der Waals surface area contributed by atoms with Gasteiger partial charge in [-0.15, -0.1) is 0 Å². The molecule has 0 aromatic heterocycles. The number of anilines is 1. The van der Waals surface area contributed by atoms with E-state index in [9.17, 15) is 14.0 Å². The van der Waals surface area contributed by atoms with Gasteiger partial charge >= 0.3 is 0 Å². The van der Waals surface area contributed by atoms with Crippen LogP contribution in [0.1, 0.15) is 27.9 Å². The lowest BCUT2D eigenvalue weighted by Crippen LogP contribution is -2.13. The summed E-state index contributed by atoms with van der Waals surface area (Å²) in [5, 5.41) is 2.79. The second kappa shape index (κ2) is 8.21. The second-order valence-electron chi connectivity index (χ2n) is 5.95. The molecular weight excluding hydrogens is 329 g/mol. The molecular formula is C22H18FNO2. The van der Waals surface area contributed by atoms with E-state index in [2.05, 4.69) is 5.32 Å². The van der Waals surface area contributed by atoms with Crippen LogP contribution >= 0.6 is 0 Å². The van der Waals surface area contributed by atoms with E-state index >= 15 is 0 Å². The van der Waals surface area contributed by atoms with Gasteiger partial charge in [-0.3, -0.25) is 9.59 Å². The van der Waals surface area contributed by atoms with Crippen LogP contribution in [0.3, 0.4) is 0 Å². The molecule has 1 N–H and O–H groups in total. The second-order valence-corrected chi connectivity index (χ2v) is 5.95. The summed E-state index contributed by atoms with van der Waals surface area (Å²) in [6.45, 7) is 0. The van der Waals surface area contributed by atoms with Crippen LogP contribution in [-0.4, -0.2) is 11.7 Å². The standard InChI is InChI=1S/C22H18FNO2/c23-19-10-4-6-16(14-19)12-13-21(25)24-20-11-5-9-18(15-20)22(26)17-7-2-1-3-8-17/h1-11,14-15H,12-13H2,(H,24,25). The van der Waals surface area contributed by atoms with Gasteiger partial charge in [-0.05, 0) is 36.2 Å². The molecule has 0 bridgehead atoms. The van der Waals surface area contributed by atoms with Crippen molar-refractivity contribution in [3.8, 4) is 0 Å². The third-order valence-corrected chi connectivity index (χ3v) is 3.97. The normalized spacial score (nSPS) is 10.3. The lowest BCUT2D eigenvalue weighted by atomic mass is 10.0. The van der Waals surface area contributed by atoms with Crippen molar-refractivity contribution in [3.63, 3.8) is 0 Å². The largest absolute Gasteiger partial charge is 0.326 e. The summed E-state index contributed by atoms with van der Waals surface area (Å²) in [7, 11) is 0. The zero-order valence-corrected chi connectivity index (χ0v) is 14.1. The Balaban J connectivity index is 1.63.